The van der Waals surface area contributed by atoms with Gasteiger partial charge >= 0.3 is 0 Å². The summed E-state index contributed by atoms with van der Waals surface area (Å²) in [6, 6.07) is 22.5. The van der Waals surface area contributed by atoms with Gasteiger partial charge in [-0.1, -0.05) is 47.5 Å². The van der Waals surface area contributed by atoms with Gasteiger partial charge in [0, 0.05) is 48.3 Å². The van der Waals surface area contributed by atoms with Crippen LogP contribution in [-0.2, 0) is 20.8 Å². The van der Waals surface area contributed by atoms with Crippen LogP contribution in [0.4, 0.5) is 0 Å². The highest BCUT2D eigenvalue weighted by Gasteiger charge is 2.41. The highest BCUT2D eigenvalue weighted by molar-refractivity contribution is 6.30. The van der Waals surface area contributed by atoms with E-state index in [0.717, 1.165) is 17.9 Å². The molecule has 2 saturated heterocycles. The molecule has 3 aromatic rings. The Morgan fingerprint density at radius 3 is 2.46 bits per heavy atom. The molecule has 39 heavy (non-hydrogen) atoms. The summed E-state index contributed by atoms with van der Waals surface area (Å²) in [4.78, 5) is 17.5. The summed E-state index contributed by atoms with van der Waals surface area (Å²) in [7, 11) is 0. The molecule has 2 fully saturated rings. The Balaban J connectivity index is 1.32. The Hall–Kier alpha value is -2.81. The Labute approximate surface area is 239 Å². The number of halogens is 2. The summed E-state index contributed by atoms with van der Waals surface area (Å²) in [6.07, 6.45) is 0.220. The van der Waals surface area contributed by atoms with Crippen LogP contribution < -0.4 is 9.47 Å². The van der Waals surface area contributed by atoms with E-state index in [4.69, 9.17) is 42.1 Å². The summed E-state index contributed by atoms with van der Waals surface area (Å²) < 4.78 is 24.2. The average molecular weight is 572 g/mol. The molecule has 9 heteroatoms. The van der Waals surface area contributed by atoms with Crippen LogP contribution in [0.1, 0.15) is 12.0 Å². The molecule has 0 aromatic heterocycles. The predicted octanol–water partition coefficient (Wildman–Crippen LogP) is 5.68. The van der Waals surface area contributed by atoms with Gasteiger partial charge in [0.25, 0.3) is 0 Å². The van der Waals surface area contributed by atoms with Crippen molar-refractivity contribution in [1.82, 2.24) is 9.80 Å². The molecule has 2 heterocycles. The largest absolute Gasteiger partial charge is 0.491 e. The van der Waals surface area contributed by atoms with E-state index < -0.39 is 5.60 Å². The van der Waals surface area contributed by atoms with Gasteiger partial charge in [-0.25, -0.2) is 0 Å². The fourth-order valence-corrected chi connectivity index (χ4v) is 5.19. The van der Waals surface area contributed by atoms with Crippen molar-refractivity contribution in [3.8, 4) is 17.2 Å². The molecule has 0 unspecified atom stereocenters. The normalized spacial score (nSPS) is 20.0. The van der Waals surface area contributed by atoms with Crippen LogP contribution in [0.15, 0.2) is 72.8 Å². The van der Waals surface area contributed by atoms with Crippen molar-refractivity contribution in [3.05, 3.63) is 88.4 Å². The monoisotopic (exact) mass is 570 g/mol. The number of ether oxygens (including phenoxy) is 4. The third kappa shape index (κ3) is 7.65. The van der Waals surface area contributed by atoms with E-state index in [9.17, 15) is 4.79 Å². The smallest absolute Gasteiger partial charge is 0.225 e. The molecule has 2 aliphatic rings. The molecule has 0 spiro atoms. The Morgan fingerprint density at radius 2 is 1.67 bits per heavy atom. The minimum atomic E-state index is -0.809. The van der Waals surface area contributed by atoms with Gasteiger partial charge in [0.15, 0.2) is 0 Å². The number of morpholine rings is 2. The van der Waals surface area contributed by atoms with Gasteiger partial charge in [-0.3, -0.25) is 9.69 Å². The van der Waals surface area contributed by atoms with E-state index in [-0.39, 0.29) is 18.9 Å². The molecule has 1 amide bonds. The fraction of sp³-hybridized carbons (Fsp3) is 0.367. The van der Waals surface area contributed by atoms with Gasteiger partial charge < -0.3 is 23.8 Å². The summed E-state index contributed by atoms with van der Waals surface area (Å²) in [6.45, 7) is 4.89. The van der Waals surface area contributed by atoms with Gasteiger partial charge in [-0.2, -0.15) is 0 Å². The van der Waals surface area contributed by atoms with E-state index in [0.29, 0.717) is 67.5 Å². The number of para-hydroxylation sites is 1. The van der Waals surface area contributed by atoms with Crippen molar-refractivity contribution >= 4 is 29.1 Å². The van der Waals surface area contributed by atoms with Gasteiger partial charge in [0.05, 0.1) is 26.2 Å². The molecule has 7 nitrogen and oxygen atoms in total. The first kappa shape index (κ1) is 27.7. The number of amides is 1. The molecular formula is C30H32Cl2N2O5. The van der Waals surface area contributed by atoms with Crippen LogP contribution in [0.25, 0.3) is 0 Å². The van der Waals surface area contributed by atoms with Gasteiger partial charge in [-0.15, -0.1) is 0 Å². The number of benzene rings is 3. The Bertz CT molecular complexity index is 1250. The van der Waals surface area contributed by atoms with E-state index in [1.54, 1.807) is 18.2 Å². The van der Waals surface area contributed by atoms with Crippen molar-refractivity contribution in [3.63, 3.8) is 0 Å². The molecule has 0 bridgehead atoms. The summed E-state index contributed by atoms with van der Waals surface area (Å²) >= 11 is 12.2. The summed E-state index contributed by atoms with van der Waals surface area (Å²) in [5, 5.41) is 1.26. The third-order valence-corrected chi connectivity index (χ3v) is 7.36. The third-order valence-electron chi connectivity index (χ3n) is 6.87. The standard InChI is InChI=1S/C30H32Cl2N2O5/c31-24-8-10-26(11-9-24)37-22-30(19-29(35)34-13-15-36-16-14-34)21-33(12-17-38-30)20-23-4-1-2-7-28(23)39-27-6-3-5-25(32)18-27/h1-11,18H,12-17,19-22H2/t30-/m1/s1. The lowest BCUT2D eigenvalue weighted by Gasteiger charge is -2.43. The van der Waals surface area contributed by atoms with Gasteiger partial charge in [0.2, 0.25) is 5.91 Å². The number of carbonyl (C=O) groups is 1. The van der Waals surface area contributed by atoms with E-state index in [2.05, 4.69) is 11.0 Å². The Kier molecular flexibility index (Phi) is 9.27. The van der Waals surface area contributed by atoms with E-state index in [1.807, 2.05) is 53.4 Å². The minimum absolute atomic E-state index is 0.0459. The molecule has 2 aliphatic heterocycles. The lowest BCUT2D eigenvalue weighted by atomic mass is 9.96. The average Bonchev–Trinajstić information content (AvgIpc) is 2.95. The molecule has 206 valence electrons. The van der Waals surface area contributed by atoms with Crippen molar-refractivity contribution in [2.75, 3.05) is 52.6 Å². The number of hydrogen-bond donors (Lipinski definition) is 0. The zero-order valence-electron chi connectivity index (χ0n) is 21.7. The first-order chi connectivity index (χ1) is 19.0. The van der Waals surface area contributed by atoms with Crippen LogP contribution in [0.2, 0.25) is 10.0 Å². The van der Waals surface area contributed by atoms with E-state index >= 15 is 0 Å². The van der Waals surface area contributed by atoms with Crippen molar-refractivity contribution in [1.29, 1.82) is 0 Å². The highest BCUT2D eigenvalue weighted by Crippen LogP contribution is 2.31. The van der Waals surface area contributed by atoms with Crippen molar-refractivity contribution < 1.29 is 23.7 Å². The molecule has 0 saturated carbocycles. The molecule has 1 atom stereocenters. The maximum atomic E-state index is 13.3. The molecule has 0 N–H and O–H groups in total. The fourth-order valence-electron chi connectivity index (χ4n) is 4.88. The maximum Gasteiger partial charge on any atom is 0.225 e. The summed E-state index contributed by atoms with van der Waals surface area (Å²) in [5.74, 6) is 2.17. The number of nitrogens with zero attached hydrogens (tertiary/aromatic N) is 2. The van der Waals surface area contributed by atoms with Crippen LogP contribution in [-0.4, -0.2) is 73.9 Å². The van der Waals surface area contributed by atoms with Crippen LogP contribution in [0, 0.1) is 0 Å². The lowest BCUT2D eigenvalue weighted by Crippen LogP contribution is -2.57. The Morgan fingerprint density at radius 1 is 0.872 bits per heavy atom. The van der Waals surface area contributed by atoms with Crippen LogP contribution in [0.5, 0.6) is 17.2 Å². The molecule has 3 aromatic carbocycles. The van der Waals surface area contributed by atoms with Crippen molar-refractivity contribution in [2.45, 2.75) is 18.6 Å². The SMILES string of the molecule is O=C(C[C@]1(COc2ccc(Cl)cc2)CN(Cc2ccccc2Oc2cccc(Cl)c2)CCO1)N1CCOCC1. The van der Waals surface area contributed by atoms with Gasteiger partial charge in [-0.05, 0) is 48.5 Å². The number of rotatable bonds is 9. The molecule has 0 aliphatic carbocycles. The molecular weight excluding hydrogens is 539 g/mol. The van der Waals surface area contributed by atoms with Crippen molar-refractivity contribution in [2.24, 2.45) is 0 Å². The second kappa shape index (κ2) is 13.0. The van der Waals surface area contributed by atoms with Gasteiger partial charge in [0.1, 0.15) is 29.5 Å². The second-order valence-corrected chi connectivity index (χ2v) is 10.7. The zero-order valence-corrected chi connectivity index (χ0v) is 23.2. The van der Waals surface area contributed by atoms with Crippen LogP contribution in [0.3, 0.4) is 0 Å². The number of carbonyl (C=O) groups excluding carboxylic acids is 1. The molecule has 0 radical (unpaired) electrons. The minimum Gasteiger partial charge on any atom is -0.491 e. The van der Waals surface area contributed by atoms with E-state index in [1.165, 1.54) is 0 Å². The first-order valence-electron chi connectivity index (χ1n) is 13.1. The summed E-state index contributed by atoms with van der Waals surface area (Å²) in [5.41, 5.74) is 0.224. The quantitative estimate of drug-likeness (QED) is 0.329. The topological polar surface area (TPSA) is 60.5 Å². The number of hydrogen-bond acceptors (Lipinski definition) is 6. The second-order valence-electron chi connectivity index (χ2n) is 9.82. The zero-order chi connectivity index (χ0) is 27.1. The molecule has 5 rings (SSSR count). The highest BCUT2D eigenvalue weighted by atomic mass is 35.5. The first-order valence-corrected chi connectivity index (χ1v) is 13.9. The van der Waals surface area contributed by atoms with Crippen LogP contribution >= 0.6 is 23.2 Å². The lowest BCUT2D eigenvalue weighted by molar-refractivity contribution is -0.159. The predicted molar refractivity (Wildman–Crippen MR) is 151 cm³/mol. The maximum absolute atomic E-state index is 13.3.